The molecule has 0 radical (unpaired) electrons. The van der Waals surface area contributed by atoms with Crippen LogP contribution < -0.4 is 5.32 Å². The van der Waals surface area contributed by atoms with Crippen LogP contribution in [0.5, 0.6) is 0 Å². The predicted octanol–water partition coefficient (Wildman–Crippen LogP) is 4.91. The van der Waals surface area contributed by atoms with Gasteiger partial charge in [0.2, 0.25) is 0 Å². The first kappa shape index (κ1) is 15.0. The van der Waals surface area contributed by atoms with Crippen LogP contribution in [0.1, 0.15) is 48.9 Å². The molecule has 0 heterocycles. The number of hydrogen-bond donors (Lipinski definition) is 1. The van der Waals surface area contributed by atoms with E-state index < -0.39 is 0 Å². The Balaban J connectivity index is 1.74. The fourth-order valence-corrected chi connectivity index (χ4v) is 3.89. The number of nitrogens with one attached hydrogen (secondary N) is 1. The summed E-state index contributed by atoms with van der Waals surface area (Å²) in [5, 5.41) is 3.00. The summed E-state index contributed by atoms with van der Waals surface area (Å²) in [6, 6.07) is 5.62. The van der Waals surface area contributed by atoms with Gasteiger partial charge in [-0.05, 0) is 52.9 Å². The van der Waals surface area contributed by atoms with Gasteiger partial charge in [-0.15, -0.1) is 0 Å². The monoisotopic (exact) mass is 387 g/mol. The zero-order valence-electron chi connectivity index (χ0n) is 10.9. The van der Waals surface area contributed by atoms with Gasteiger partial charge in [-0.2, -0.15) is 0 Å². The van der Waals surface area contributed by atoms with Crippen molar-refractivity contribution in [1.82, 2.24) is 5.32 Å². The van der Waals surface area contributed by atoms with Crippen molar-refractivity contribution >= 4 is 37.8 Å². The zero-order valence-corrected chi connectivity index (χ0v) is 14.1. The molecule has 1 N–H and O–H groups in total. The summed E-state index contributed by atoms with van der Waals surface area (Å²) in [7, 11) is 0. The average Bonchev–Trinajstić information content (AvgIpc) is 2.87. The topological polar surface area (TPSA) is 29.1 Å². The van der Waals surface area contributed by atoms with Crippen LogP contribution in [-0.4, -0.2) is 12.5 Å². The van der Waals surface area contributed by atoms with E-state index in [0.29, 0.717) is 5.56 Å². The van der Waals surface area contributed by atoms with Gasteiger partial charge in [0.05, 0.1) is 5.56 Å². The molecule has 1 aromatic carbocycles. The van der Waals surface area contributed by atoms with Crippen molar-refractivity contribution in [2.45, 2.75) is 38.5 Å². The third-order valence-corrected chi connectivity index (χ3v) is 4.87. The number of rotatable bonds is 5. The molecule has 2 rings (SSSR count). The highest BCUT2D eigenvalue weighted by atomic mass is 79.9. The summed E-state index contributed by atoms with van der Waals surface area (Å²) in [4.78, 5) is 12.0. The fraction of sp³-hybridized carbons (Fsp3) is 0.533. The summed E-state index contributed by atoms with van der Waals surface area (Å²) < 4.78 is 1.80. The van der Waals surface area contributed by atoms with E-state index in [2.05, 4.69) is 37.2 Å². The average molecular weight is 389 g/mol. The van der Waals surface area contributed by atoms with Gasteiger partial charge in [0, 0.05) is 15.5 Å². The maximum atomic E-state index is 12.0. The summed E-state index contributed by atoms with van der Waals surface area (Å²) in [6.45, 7) is 0.776. The maximum absolute atomic E-state index is 12.0. The highest BCUT2D eigenvalue weighted by molar-refractivity contribution is 9.11. The van der Waals surface area contributed by atoms with E-state index in [4.69, 9.17) is 0 Å². The molecular weight excluding hydrogens is 370 g/mol. The van der Waals surface area contributed by atoms with Crippen LogP contribution in [0.2, 0.25) is 0 Å². The summed E-state index contributed by atoms with van der Waals surface area (Å²) in [5.41, 5.74) is 0.698. The van der Waals surface area contributed by atoms with Crippen LogP contribution in [0, 0.1) is 5.92 Å². The lowest BCUT2D eigenvalue weighted by atomic mass is 10.0. The maximum Gasteiger partial charge on any atom is 0.252 e. The Morgan fingerprint density at radius 2 is 2.00 bits per heavy atom. The van der Waals surface area contributed by atoms with E-state index in [0.717, 1.165) is 27.8 Å². The van der Waals surface area contributed by atoms with Crippen molar-refractivity contribution in [3.8, 4) is 0 Å². The Bertz CT molecular complexity index is 442. The van der Waals surface area contributed by atoms with Gasteiger partial charge in [0.25, 0.3) is 5.91 Å². The molecule has 1 aromatic rings. The lowest BCUT2D eigenvalue weighted by Gasteiger charge is -2.10. The summed E-state index contributed by atoms with van der Waals surface area (Å²) in [6.07, 6.45) is 7.89. The number of hydrogen-bond acceptors (Lipinski definition) is 1. The van der Waals surface area contributed by atoms with Crippen molar-refractivity contribution < 1.29 is 4.79 Å². The molecule has 0 spiro atoms. The van der Waals surface area contributed by atoms with Crippen LogP contribution in [-0.2, 0) is 0 Å². The molecule has 0 atom stereocenters. The number of carbonyl (C=O) groups is 1. The van der Waals surface area contributed by atoms with Crippen LogP contribution in [0.25, 0.3) is 0 Å². The van der Waals surface area contributed by atoms with Gasteiger partial charge in [0.1, 0.15) is 0 Å². The Morgan fingerprint density at radius 1 is 1.26 bits per heavy atom. The highest BCUT2D eigenvalue weighted by Crippen LogP contribution is 2.28. The second-order valence-corrected chi connectivity index (χ2v) is 6.94. The van der Waals surface area contributed by atoms with Gasteiger partial charge < -0.3 is 5.32 Å². The summed E-state index contributed by atoms with van der Waals surface area (Å²) >= 11 is 6.80. The fourth-order valence-electron chi connectivity index (χ4n) is 2.66. The third kappa shape index (κ3) is 4.60. The van der Waals surface area contributed by atoms with Crippen LogP contribution in [0.4, 0.5) is 0 Å². The lowest BCUT2D eigenvalue weighted by Crippen LogP contribution is -2.25. The number of halogens is 2. The molecule has 1 amide bonds. The molecule has 104 valence electrons. The molecular formula is C15H19Br2NO. The minimum Gasteiger partial charge on any atom is -0.352 e. The Hall–Kier alpha value is -0.350. The zero-order chi connectivity index (χ0) is 13.7. The normalized spacial score (nSPS) is 15.7. The molecule has 1 aliphatic carbocycles. The third-order valence-electron chi connectivity index (χ3n) is 3.73. The summed E-state index contributed by atoms with van der Waals surface area (Å²) in [5.74, 6) is 0.905. The second kappa shape index (κ2) is 7.44. The quantitative estimate of drug-likeness (QED) is 0.713. The van der Waals surface area contributed by atoms with Crippen LogP contribution in [0.15, 0.2) is 27.1 Å². The van der Waals surface area contributed by atoms with Gasteiger partial charge >= 0.3 is 0 Å². The van der Waals surface area contributed by atoms with Crippen molar-refractivity contribution in [3.05, 3.63) is 32.7 Å². The van der Waals surface area contributed by atoms with Crippen LogP contribution in [0.3, 0.4) is 0 Å². The molecule has 0 aliphatic heterocycles. The van der Waals surface area contributed by atoms with Gasteiger partial charge in [-0.1, -0.05) is 41.6 Å². The van der Waals surface area contributed by atoms with E-state index in [-0.39, 0.29) is 5.91 Å². The molecule has 0 bridgehead atoms. The SMILES string of the molecule is O=C(NCCCC1CCCC1)c1ccc(Br)cc1Br. The van der Waals surface area contributed by atoms with Gasteiger partial charge in [0.15, 0.2) is 0 Å². The number of carbonyl (C=O) groups excluding carboxylic acids is 1. The first-order chi connectivity index (χ1) is 9.16. The van der Waals surface area contributed by atoms with E-state index in [1.165, 1.54) is 32.1 Å². The molecule has 19 heavy (non-hydrogen) atoms. The number of amides is 1. The predicted molar refractivity (Wildman–Crippen MR) is 85.4 cm³/mol. The van der Waals surface area contributed by atoms with Gasteiger partial charge in [-0.25, -0.2) is 0 Å². The van der Waals surface area contributed by atoms with E-state index in [9.17, 15) is 4.79 Å². The van der Waals surface area contributed by atoms with Crippen LogP contribution >= 0.6 is 31.9 Å². The van der Waals surface area contributed by atoms with Gasteiger partial charge in [-0.3, -0.25) is 4.79 Å². The molecule has 1 aliphatic rings. The highest BCUT2D eigenvalue weighted by Gasteiger charge is 2.14. The molecule has 1 fully saturated rings. The lowest BCUT2D eigenvalue weighted by molar-refractivity contribution is 0.0951. The Labute approximate surface area is 131 Å². The first-order valence-corrected chi connectivity index (χ1v) is 8.48. The molecule has 2 nitrogen and oxygen atoms in total. The smallest absolute Gasteiger partial charge is 0.252 e. The molecule has 0 aromatic heterocycles. The van der Waals surface area contributed by atoms with E-state index in [1.807, 2.05) is 18.2 Å². The van der Waals surface area contributed by atoms with Crippen molar-refractivity contribution in [3.63, 3.8) is 0 Å². The minimum atomic E-state index is 0.00537. The molecule has 1 saturated carbocycles. The van der Waals surface area contributed by atoms with Crippen molar-refractivity contribution in [2.24, 2.45) is 5.92 Å². The molecule has 4 heteroatoms. The number of benzene rings is 1. The molecule has 0 unspecified atom stereocenters. The first-order valence-electron chi connectivity index (χ1n) is 6.90. The largest absolute Gasteiger partial charge is 0.352 e. The van der Waals surface area contributed by atoms with E-state index >= 15 is 0 Å². The minimum absolute atomic E-state index is 0.00537. The Kier molecular flexibility index (Phi) is 5.89. The second-order valence-electron chi connectivity index (χ2n) is 5.17. The van der Waals surface area contributed by atoms with Crippen molar-refractivity contribution in [1.29, 1.82) is 0 Å². The Morgan fingerprint density at radius 3 is 2.68 bits per heavy atom. The molecule has 0 saturated heterocycles. The van der Waals surface area contributed by atoms with E-state index in [1.54, 1.807) is 0 Å². The standard InChI is InChI=1S/C15H19Br2NO/c16-12-7-8-13(14(17)10-12)15(19)18-9-3-6-11-4-1-2-5-11/h7-8,10-11H,1-6,9H2,(H,18,19). The van der Waals surface area contributed by atoms with Crippen molar-refractivity contribution in [2.75, 3.05) is 6.54 Å².